The molecule has 2 amide bonds. The van der Waals surface area contributed by atoms with Crippen molar-refractivity contribution in [2.75, 3.05) is 11.1 Å². The maximum Gasteiger partial charge on any atom is 0.251 e. The van der Waals surface area contributed by atoms with E-state index in [9.17, 15) is 9.59 Å². The van der Waals surface area contributed by atoms with Crippen molar-refractivity contribution in [1.29, 1.82) is 0 Å². The number of hydrogen-bond acceptors (Lipinski definition) is 6. The summed E-state index contributed by atoms with van der Waals surface area (Å²) in [4.78, 5) is 23.3. The number of fused-ring (bicyclic) bond motifs is 1. The van der Waals surface area contributed by atoms with Gasteiger partial charge < -0.3 is 11.1 Å². The summed E-state index contributed by atoms with van der Waals surface area (Å²) < 4.78 is 1.61. The smallest absolute Gasteiger partial charge is 0.251 e. The fourth-order valence-electron chi connectivity index (χ4n) is 1.89. The molecule has 124 valence electrons. The number of nitrogens with two attached hydrogens (primary N) is 1. The highest BCUT2D eigenvalue weighted by molar-refractivity contribution is 7.99. The Morgan fingerprint density at radius 2 is 2.17 bits per heavy atom. The highest BCUT2D eigenvalue weighted by atomic mass is 35.5. The second-order valence-corrected chi connectivity index (χ2v) is 7.25. The lowest BCUT2D eigenvalue weighted by atomic mass is 10.3. The number of rotatable bonds is 5. The van der Waals surface area contributed by atoms with Gasteiger partial charge in [-0.2, -0.15) is 0 Å². The molecule has 0 aliphatic rings. The van der Waals surface area contributed by atoms with Gasteiger partial charge in [0.2, 0.25) is 5.91 Å². The first kappa shape index (κ1) is 17.0. The van der Waals surface area contributed by atoms with Crippen LogP contribution < -0.4 is 11.1 Å². The Labute approximate surface area is 154 Å². The van der Waals surface area contributed by atoms with Crippen molar-refractivity contribution in [3.63, 3.8) is 0 Å². The number of amides is 2. The average molecular weight is 402 g/mol. The van der Waals surface area contributed by atoms with E-state index in [1.807, 2.05) is 0 Å². The van der Waals surface area contributed by atoms with Gasteiger partial charge in [0.1, 0.15) is 5.00 Å². The molecular weight excluding hydrogens is 393 g/mol. The number of anilines is 1. The lowest BCUT2D eigenvalue weighted by Gasteiger charge is -2.04. The fraction of sp³-hybridized carbons (Fsp3) is 0.0769. The number of carbonyl (C=O) groups is 2. The van der Waals surface area contributed by atoms with Gasteiger partial charge in [-0.25, -0.2) is 0 Å². The number of nitrogens with one attached hydrogen (secondary N) is 1. The van der Waals surface area contributed by atoms with Crippen molar-refractivity contribution in [2.45, 2.75) is 5.16 Å². The summed E-state index contributed by atoms with van der Waals surface area (Å²) in [5.41, 5.74) is 5.98. The molecule has 0 fully saturated rings. The van der Waals surface area contributed by atoms with Crippen LogP contribution in [0.4, 0.5) is 5.00 Å². The van der Waals surface area contributed by atoms with E-state index in [0.717, 1.165) is 0 Å². The Kier molecular flexibility index (Phi) is 4.95. The lowest BCUT2D eigenvalue weighted by Crippen LogP contribution is -2.17. The molecule has 3 aromatic heterocycles. The Balaban J connectivity index is 1.71. The van der Waals surface area contributed by atoms with Crippen LogP contribution >= 0.6 is 46.3 Å². The summed E-state index contributed by atoms with van der Waals surface area (Å²) in [6.07, 6.45) is 1.62. The SMILES string of the molecule is NC(=O)c1ccsc1NC(=O)CSc1nnc2c(Cl)cc(Cl)cn12. The molecule has 0 aliphatic heterocycles. The molecule has 0 atom stereocenters. The highest BCUT2D eigenvalue weighted by Gasteiger charge is 2.15. The summed E-state index contributed by atoms with van der Waals surface area (Å²) >= 11 is 14.4. The van der Waals surface area contributed by atoms with E-state index in [1.54, 1.807) is 28.1 Å². The Hall–Kier alpha value is -1.81. The molecule has 3 aromatic rings. The molecule has 3 N–H and O–H groups in total. The van der Waals surface area contributed by atoms with Crippen LogP contribution in [-0.2, 0) is 4.79 Å². The first-order valence-corrected chi connectivity index (χ1v) is 9.07. The zero-order valence-corrected chi connectivity index (χ0v) is 15.0. The number of carbonyl (C=O) groups excluding carboxylic acids is 2. The van der Waals surface area contributed by atoms with Gasteiger partial charge in [0.15, 0.2) is 10.8 Å². The maximum absolute atomic E-state index is 12.1. The molecule has 24 heavy (non-hydrogen) atoms. The molecule has 0 spiro atoms. The second kappa shape index (κ2) is 6.98. The van der Waals surface area contributed by atoms with Crippen LogP contribution in [0.25, 0.3) is 5.65 Å². The van der Waals surface area contributed by atoms with Crippen LogP contribution in [0.15, 0.2) is 28.9 Å². The molecule has 0 aromatic carbocycles. The van der Waals surface area contributed by atoms with E-state index < -0.39 is 5.91 Å². The molecule has 0 saturated carbocycles. The number of halogens is 2. The summed E-state index contributed by atoms with van der Waals surface area (Å²) in [5.74, 6) is -0.817. The summed E-state index contributed by atoms with van der Waals surface area (Å²) in [6.45, 7) is 0. The van der Waals surface area contributed by atoms with E-state index >= 15 is 0 Å². The zero-order chi connectivity index (χ0) is 17.3. The molecule has 0 unspecified atom stereocenters. The van der Waals surface area contributed by atoms with Gasteiger partial charge in [-0.3, -0.25) is 14.0 Å². The summed E-state index contributed by atoms with van der Waals surface area (Å²) in [7, 11) is 0. The van der Waals surface area contributed by atoms with Gasteiger partial charge in [0.05, 0.1) is 21.4 Å². The number of pyridine rings is 1. The zero-order valence-electron chi connectivity index (χ0n) is 11.8. The number of hydrogen-bond donors (Lipinski definition) is 2. The molecule has 11 heteroatoms. The van der Waals surface area contributed by atoms with Crippen molar-refractivity contribution in [2.24, 2.45) is 5.73 Å². The minimum Gasteiger partial charge on any atom is -0.366 e. The van der Waals surface area contributed by atoms with E-state index in [4.69, 9.17) is 28.9 Å². The molecule has 3 heterocycles. The maximum atomic E-state index is 12.1. The van der Waals surface area contributed by atoms with Crippen LogP contribution in [0, 0.1) is 0 Å². The Bertz CT molecular complexity index is 940. The van der Waals surface area contributed by atoms with Crippen LogP contribution in [0.5, 0.6) is 0 Å². The van der Waals surface area contributed by atoms with Gasteiger partial charge in [0, 0.05) is 6.20 Å². The summed E-state index contributed by atoms with van der Waals surface area (Å²) in [5, 5.41) is 14.0. The van der Waals surface area contributed by atoms with Gasteiger partial charge >= 0.3 is 0 Å². The highest BCUT2D eigenvalue weighted by Crippen LogP contribution is 2.26. The normalized spacial score (nSPS) is 10.9. The molecule has 7 nitrogen and oxygen atoms in total. The molecule has 0 saturated heterocycles. The number of thioether (sulfide) groups is 1. The van der Waals surface area contributed by atoms with Gasteiger partial charge in [-0.1, -0.05) is 35.0 Å². The third-order valence-electron chi connectivity index (χ3n) is 2.91. The molecule has 3 rings (SSSR count). The first-order valence-electron chi connectivity index (χ1n) is 6.45. The van der Waals surface area contributed by atoms with Gasteiger partial charge in [-0.05, 0) is 17.5 Å². The van der Waals surface area contributed by atoms with Gasteiger partial charge in [0.25, 0.3) is 5.91 Å². The van der Waals surface area contributed by atoms with Crippen molar-refractivity contribution < 1.29 is 9.59 Å². The van der Waals surface area contributed by atoms with Crippen LogP contribution in [0.2, 0.25) is 10.0 Å². The third kappa shape index (κ3) is 3.48. The predicted octanol–water partition coefficient (Wildman–Crippen LogP) is 2.93. The molecule has 0 aliphatic carbocycles. The fourth-order valence-corrected chi connectivity index (χ4v) is 3.92. The minimum absolute atomic E-state index is 0.0705. The molecule has 0 radical (unpaired) electrons. The monoisotopic (exact) mass is 401 g/mol. The molecule has 0 bridgehead atoms. The van der Waals surface area contributed by atoms with E-state index in [0.29, 0.717) is 25.8 Å². The average Bonchev–Trinajstić information content (AvgIpc) is 3.12. The Morgan fingerprint density at radius 3 is 2.92 bits per heavy atom. The van der Waals surface area contributed by atoms with Crippen LogP contribution in [0.1, 0.15) is 10.4 Å². The van der Waals surface area contributed by atoms with E-state index in [-0.39, 0.29) is 17.2 Å². The quantitative estimate of drug-likeness (QED) is 0.639. The standard InChI is InChI=1S/C13H9Cl2N5O2S2/c14-6-3-8(15)11-18-19-13(20(11)4-6)24-5-9(21)17-12-7(10(16)22)1-2-23-12/h1-4H,5H2,(H2,16,22)(H,17,21). The predicted molar refractivity (Wildman–Crippen MR) is 95.2 cm³/mol. The summed E-state index contributed by atoms with van der Waals surface area (Å²) in [6, 6.07) is 3.13. The third-order valence-corrected chi connectivity index (χ3v) is 5.17. The number of nitrogens with zero attached hydrogens (tertiary/aromatic N) is 3. The minimum atomic E-state index is -0.591. The van der Waals surface area contributed by atoms with Crippen LogP contribution in [-0.4, -0.2) is 32.2 Å². The lowest BCUT2D eigenvalue weighted by molar-refractivity contribution is -0.113. The van der Waals surface area contributed by atoms with Gasteiger partial charge in [-0.15, -0.1) is 21.5 Å². The second-order valence-electron chi connectivity index (χ2n) is 4.55. The van der Waals surface area contributed by atoms with Crippen molar-refractivity contribution >= 4 is 68.8 Å². The number of aromatic nitrogens is 3. The first-order chi connectivity index (χ1) is 11.5. The van der Waals surface area contributed by atoms with Crippen molar-refractivity contribution in [3.8, 4) is 0 Å². The Morgan fingerprint density at radius 1 is 1.38 bits per heavy atom. The van der Waals surface area contributed by atoms with Crippen molar-refractivity contribution in [3.05, 3.63) is 39.3 Å². The largest absolute Gasteiger partial charge is 0.366 e. The van der Waals surface area contributed by atoms with E-state index in [1.165, 1.54) is 23.1 Å². The van der Waals surface area contributed by atoms with Crippen LogP contribution in [0.3, 0.4) is 0 Å². The molecular formula is C13H9Cl2N5O2S2. The van der Waals surface area contributed by atoms with E-state index in [2.05, 4.69) is 15.5 Å². The number of primary amides is 1. The van der Waals surface area contributed by atoms with Crippen molar-refractivity contribution in [1.82, 2.24) is 14.6 Å². The number of thiophene rings is 1. The topological polar surface area (TPSA) is 102 Å².